The summed E-state index contributed by atoms with van der Waals surface area (Å²) in [5, 5.41) is 0. The molecule has 0 aromatic heterocycles. The third-order valence-corrected chi connectivity index (χ3v) is 6.96. The van der Waals surface area contributed by atoms with Gasteiger partial charge in [-0.3, -0.25) is 14.5 Å². The Labute approximate surface area is 137 Å². The molecule has 6 atom stereocenters. The van der Waals surface area contributed by atoms with E-state index in [1.165, 1.54) is 16.9 Å². The predicted octanol–water partition coefficient (Wildman–Crippen LogP) is 3.59. The molecule has 6 rings (SSSR count). The van der Waals surface area contributed by atoms with Gasteiger partial charge in [-0.1, -0.05) is 26.0 Å². The molecule has 1 aromatic rings. The molecule has 0 unspecified atom stereocenters. The van der Waals surface area contributed by atoms with E-state index in [1.807, 2.05) is 12.1 Å². The van der Waals surface area contributed by atoms with Crippen molar-refractivity contribution in [3.8, 4) is 0 Å². The molecule has 0 radical (unpaired) electrons. The summed E-state index contributed by atoms with van der Waals surface area (Å²) in [6.45, 7) is 4.30. The van der Waals surface area contributed by atoms with Crippen LogP contribution in [0.15, 0.2) is 24.3 Å². The second-order valence-electron chi connectivity index (χ2n) is 8.28. The van der Waals surface area contributed by atoms with Crippen LogP contribution in [-0.2, 0) is 9.59 Å². The average Bonchev–Trinajstić information content (AvgIpc) is 3.32. The molecule has 23 heavy (non-hydrogen) atoms. The Morgan fingerprint density at radius 3 is 1.87 bits per heavy atom. The molecule has 4 aliphatic carbocycles. The molecule has 3 heteroatoms. The summed E-state index contributed by atoms with van der Waals surface area (Å²) >= 11 is 0. The molecule has 120 valence electrons. The largest absolute Gasteiger partial charge is 0.274 e. The first-order valence-corrected chi connectivity index (χ1v) is 9.05. The lowest BCUT2D eigenvalue weighted by Gasteiger charge is -2.42. The normalized spacial score (nSPS) is 40.6. The van der Waals surface area contributed by atoms with Crippen molar-refractivity contribution in [2.45, 2.75) is 39.0 Å². The predicted molar refractivity (Wildman–Crippen MR) is 87.8 cm³/mol. The smallest absolute Gasteiger partial charge is 0.237 e. The van der Waals surface area contributed by atoms with Gasteiger partial charge in [0.2, 0.25) is 11.8 Å². The third-order valence-electron chi connectivity index (χ3n) is 6.96. The molecule has 2 amide bonds. The zero-order valence-corrected chi connectivity index (χ0v) is 13.7. The van der Waals surface area contributed by atoms with E-state index in [1.54, 1.807) is 0 Å². The van der Waals surface area contributed by atoms with E-state index >= 15 is 0 Å². The van der Waals surface area contributed by atoms with E-state index < -0.39 is 0 Å². The minimum absolute atomic E-state index is 0.0187. The van der Waals surface area contributed by atoms with Crippen molar-refractivity contribution in [2.24, 2.45) is 35.5 Å². The highest BCUT2D eigenvalue weighted by Gasteiger charge is 2.68. The first-order chi connectivity index (χ1) is 11.1. The Balaban J connectivity index is 1.51. The third kappa shape index (κ3) is 1.71. The summed E-state index contributed by atoms with van der Waals surface area (Å²) < 4.78 is 0. The highest BCUT2D eigenvalue weighted by Crippen LogP contribution is 2.68. The number of fused-ring (bicyclic) bond motifs is 1. The molecule has 3 nitrogen and oxygen atoms in total. The van der Waals surface area contributed by atoms with E-state index in [4.69, 9.17) is 0 Å². The fourth-order valence-corrected chi connectivity index (χ4v) is 5.80. The molecule has 1 heterocycles. The van der Waals surface area contributed by atoms with Crippen LogP contribution >= 0.6 is 0 Å². The summed E-state index contributed by atoms with van der Waals surface area (Å²) in [6, 6.07) is 8.00. The fourth-order valence-electron chi connectivity index (χ4n) is 5.80. The topological polar surface area (TPSA) is 37.4 Å². The Bertz CT molecular complexity index is 658. The van der Waals surface area contributed by atoms with Gasteiger partial charge >= 0.3 is 0 Å². The Morgan fingerprint density at radius 1 is 0.870 bits per heavy atom. The van der Waals surface area contributed by atoms with Gasteiger partial charge in [0.15, 0.2) is 0 Å². The first kappa shape index (κ1) is 13.8. The molecule has 5 fully saturated rings. The lowest BCUT2D eigenvalue weighted by atomic mass is 9.59. The van der Waals surface area contributed by atoms with Gasteiger partial charge in [0, 0.05) is 0 Å². The number of nitrogens with zero attached hydrogens (tertiary/aromatic N) is 1. The number of carbonyl (C=O) groups is 2. The maximum absolute atomic E-state index is 13.0. The number of anilines is 1. The van der Waals surface area contributed by atoms with Crippen molar-refractivity contribution in [3.05, 3.63) is 29.8 Å². The van der Waals surface area contributed by atoms with Crippen LogP contribution < -0.4 is 4.90 Å². The van der Waals surface area contributed by atoms with Crippen LogP contribution in [0, 0.1) is 35.5 Å². The summed E-state index contributed by atoms with van der Waals surface area (Å²) in [5.41, 5.74) is 2.01. The van der Waals surface area contributed by atoms with Gasteiger partial charge in [-0.25, -0.2) is 0 Å². The molecule has 0 spiro atoms. The summed E-state index contributed by atoms with van der Waals surface area (Å²) in [6.07, 6.45) is 3.59. The number of amides is 2. The number of hydrogen-bond donors (Lipinski definition) is 0. The zero-order valence-electron chi connectivity index (χ0n) is 13.7. The van der Waals surface area contributed by atoms with Crippen molar-refractivity contribution >= 4 is 17.5 Å². The van der Waals surface area contributed by atoms with Gasteiger partial charge in [0.25, 0.3) is 0 Å². The number of rotatable bonds is 2. The van der Waals surface area contributed by atoms with Crippen LogP contribution in [0.1, 0.15) is 44.6 Å². The van der Waals surface area contributed by atoms with Crippen molar-refractivity contribution < 1.29 is 9.59 Å². The minimum atomic E-state index is -0.0187. The molecular weight excluding hydrogens is 286 g/mol. The second kappa shape index (κ2) is 4.46. The van der Waals surface area contributed by atoms with Gasteiger partial charge in [-0.15, -0.1) is 0 Å². The lowest BCUT2D eigenvalue weighted by Crippen LogP contribution is -2.43. The van der Waals surface area contributed by atoms with Crippen LogP contribution in [0.4, 0.5) is 5.69 Å². The van der Waals surface area contributed by atoms with Gasteiger partial charge in [0.05, 0.1) is 17.5 Å². The van der Waals surface area contributed by atoms with Crippen molar-refractivity contribution in [3.63, 3.8) is 0 Å². The molecule has 1 aromatic carbocycles. The second-order valence-corrected chi connectivity index (χ2v) is 8.28. The highest BCUT2D eigenvalue weighted by atomic mass is 16.2. The van der Waals surface area contributed by atoms with Crippen LogP contribution in [0.5, 0.6) is 0 Å². The van der Waals surface area contributed by atoms with Crippen molar-refractivity contribution in [2.75, 3.05) is 4.90 Å². The summed E-state index contributed by atoms with van der Waals surface area (Å²) in [5.74, 6) is 3.03. The Hall–Kier alpha value is -1.64. The van der Waals surface area contributed by atoms with Crippen molar-refractivity contribution in [1.82, 2.24) is 0 Å². The monoisotopic (exact) mass is 309 g/mol. The standard InChI is InChI=1S/C20H23NO2/c1-10(2)11-3-5-12(6-4-11)21-19(22)17-13-7-8-14(16-9-15(13)16)18(17)20(21)23/h3-6,10,13-18H,7-9H2,1-2H3/t13-,14+,15+,16-,17-,18+. The molecular formula is C20H23NO2. The quantitative estimate of drug-likeness (QED) is 0.783. The van der Waals surface area contributed by atoms with Crippen LogP contribution in [0.3, 0.4) is 0 Å². The number of benzene rings is 1. The maximum Gasteiger partial charge on any atom is 0.237 e. The van der Waals surface area contributed by atoms with E-state index in [-0.39, 0.29) is 23.7 Å². The van der Waals surface area contributed by atoms with Crippen LogP contribution in [0.2, 0.25) is 0 Å². The molecule has 1 saturated heterocycles. The molecule has 4 saturated carbocycles. The molecule has 0 N–H and O–H groups in total. The maximum atomic E-state index is 13.0. The average molecular weight is 309 g/mol. The van der Waals surface area contributed by atoms with Gasteiger partial charge in [0.1, 0.15) is 0 Å². The summed E-state index contributed by atoms with van der Waals surface area (Å²) in [7, 11) is 0. The van der Waals surface area contributed by atoms with Gasteiger partial charge < -0.3 is 0 Å². The van der Waals surface area contributed by atoms with E-state index in [2.05, 4.69) is 26.0 Å². The van der Waals surface area contributed by atoms with Crippen LogP contribution in [-0.4, -0.2) is 11.8 Å². The lowest BCUT2D eigenvalue weighted by molar-refractivity contribution is -0.129. The fraction of sp³-hybridized carbons (Fsp3) is 0.600. The molecule has 2 bridgehead atoms. The molecule has 1 aliphatic heterocycles. The SMILES string of the molecule is CC(C)c1ccc(N2C(=O)[C@@H]3[C@@H]4CC[C@@H]([C@H]5C[C@H]54)[C@@H]3C2=O)cc1. The Morgan fingerprint density at radius 2 is 1.39 bits per heavy atom. The first-order valence-electron chi connectivity index (χ1n) is 9.05. The number of hydrogen-bond acceptors (Lipinski definition) is 2. The Kier molecular flexibility index (Phi) is 2.67. The summed E-state index contributed by atoms with van der Waals surface area (Å²) in [4.78, 5) is 27.6. The molecule has 5 aliphatic rings. The zero-order chi connectivity index (χ0) is 15.9. The number of imide groups is 1. The van der Waals surface area contributed by atoms with Gasteiger partial charge in [-0.2, -0.15) is 0 Å². The van der Waals surface area contributed by atoms with E-state index in [9.17, 15) is 9.59 Å². The van der Waals surface area contributed by atoms with E-state index in [0.29, 0.717) is 17.8 Å². The van der Waals surface area contributed by atoms with Gasteiger partial charge in [-0.05, 0) is 66.5 Å². The van der Waals surface area contributed by atoms with E-state index in [0.717, 1.165) is 30.4 Å². The minimum Gasteiger partial charge on any atom is -0.274 e. The van der Waals surface area contributed by atoms with Crippen LogP contribution in [0.25, 0.3) is 0 Å². The highest BCUT2D eigenvalue weighted by molar-refractivity contribution is 6.22. The number of carbonyl (C=O) groups excluding carboxylic acids is 2. The van der Waals surface area contributed by atoms with Crippen molar-refractivity contribution in [1.29, 1.82) is 0 Å².